The minimum Gasteiger partial charge on any atom is -0.497 e. The molecule has 1 N–H and O–H groups in total. The molecule has 0 saturated carbocycles. The Bertz CT molecular complexity index is 801. The number of ether oxygens (including phenoxy) is 1. The van der Waals surface area contributed by atoms with E-state index in [1.807, 2.05) is 30.3 Å². The number of benzene rings is 2. The number of nitrogens with zero attached hydrogens (tertiary/aromatic N) is 2. The highest BCUT2D eigenvalue weighted by Crippen LogP contribution is 2.21. The highest BCUT2D eigenvalue weighted by molar-refractivity contribution is 7.89. The largest absolute Gasteiger partial charge is 0.497 e. The molecule has 26 heavy (non-hydrogen) atoms. The van der Waals surface area contributed by atoms with Gasteiger partial charge in [0.1, 0.15) is 5.75 Å². The lowest BCUT2D eigenvalue weighted by Gasteiger charge is -2.35. The summed E-state index contributed by atoms with van der Waals surface area (Å²) < 4.78 is 32.1. The number of methoxy groups -OCH3 is 1. The van der Waals surface area contributed by atoms with Gasteiger partial charge in [0.2, 0.25) is 10.0 Å². The molecule has 0 spiro atoms. The Morgan fingerprint density at radius 3 is 2.19 bits per heavy atom. The van der Waals surface area contributed by atoms with Gasteiger partial charge in [0, 0.05) is 32.7 Å². The Morgan fingerprint density at radius 1 is 1.00 bits per heavy atom. The van der Waals surface area contributed by atoms with Gasteiger partial charge in [-0.2, -0.15) is 4.31 Å². The molecule has 6 nitrogen and oxygen atoms in total. The van der Waals surface area contributed by atoms with Crippen LogP contribution < -0.4 is 4.74 Å². The molecule has 2 aromatic rings. The molecule has 1 heterocycles. The quantitative estimate of drug-likeness (QED) is 0.832. The van der Waals surface area contributed by atoms with Crippen LogP contribution in [-0.4, -0.2) is 62.6 Å². The summed E-state index contributed by atoms with van der Waals surface area (Å²) in [6.07, 6.45) is -0.569. The first-order valence-electron chi connectivity index (χ1n) is 8.60. The van der Waals surface area contributed by atoms with E-state index in [4.69, 9.17) is 4.74 Å². The standard InChI is InChI=1S/C19H24N2O4S/c1-25-17-7-9-18(10-8-17)26(23,24)21-13-11-20(12-14-21)15-19(22)16-5-3-2-4-6-16/h2-10,19,22H,11-15H2,1H3. The van der Waals surface area contributed by atoms with Gasteiger partial charge in [-0.25, -0.2) is 8.42 Å². The first-order chi connectivity index (χ1) is 12.5. The number of aliphatic hydroxyl groups is 1. The van der Waals surface area contributed by atoms with Crippen molar-refractivity contribution in [2.75, 3.05) is 39.8 Å². The average Bonchev–Trinajstić information content (AvgIpc) is 2.69. The van der Waals surface area contributed by atoms with E-state index in [0.29, 0.717) is 38.5 Å². The molecule has 0 radical (unpaired) electrons. The summed E-state index contributed by atoms with van der Waals surface area (Å²) in [6, 6.07) is 16.0. The topological polar surface area (TPSA) is 70.1 Å². The minimum atomic E-state index is -3.50. The van der Waals surface area contributed by atoms with E-state index in [-0.39, 0.29) is 4.90 Å². The predicted octanol–water partition coefficient (Wildman–Crippen LogP) is 1.74. The maximum atomic E-state index is 12.8. The van der Waals surface area contributed by atoms with Gasteiger partial charge in [-0.1, -0.05) is 30.3 Å². The minimum absolute atomic E-state index is 0.274. The summed E-state index contributed by atoms with van der Waals surface area (Å²) >= 11 is 0. The second-order valence-corrected chi connectivity index (χ2v) is 8.24. The van der Waals surface area contributed by atoms with Crippen molar-refractivity contribution in [2.45, 2.75) is 11.0 Å². The lowest BCUT2D eigenvalue weighted by Crippen LogP contribution is -2.49. The third kappa shape index (κ3) is 4.24. The number of hydrogen-bond donors (Lipinski definition) is 1. The van der Waals surface area contributed by atoms with E-state index in [9.17, 15) is 13.5 Å². The number of rotatable bonds is 6. The Hall–Kier alpha value is -1.93. The zero-order valence-corrected chi connectivity index (χ0v) is 15.6. The van der Waals surface area contributed by atoms with E-state index in [1.54, 1.807) is 31.4 Å². The highest BCUT2D eigenvalue weighted by Gasteiger charge is 2.29. The van der Waals surface area contributed by atoms with Crippen molar-refractivity contribution in [1.82, 2.24) is 9.21 Å². The van der Waals surface area contributed by atoms with Crippen LogP contribution in [0.3, 0.4) is 0 Å². The summed E-state index contributed by atoms with van der Waals surface area (Å²) in [6.45, 7) is 2.52. The molecule has 2 aromatic carbocycles. The van der Waals surface area contributed by atoms with Crippen molar-refractivity contribution in [3.63, 3.8) is 0 Å². The van der Waals surface area contributed by atoms with Crippen LogP contribution in [0.1, 0.15) is 11.7 Å². The van der Waals surface area contributed by atoms with Crippen molar-refractivity contribution < 1.29 is 18.3 Å². The highest BCUT2D eigenvalue weighted by atomic mass is 32.2. The average molecular weight is 376 g/mol. The van der Waals surface area contributed by atoms with Gasteiger partial charge in [0.05, 0.1) is 18.1 Å². The van der Waals surface area contributed by atoms with Crippen LogP contribution in [0.25, 0.3) is 0 Å². The Balaban J connectivity index is 1.58. The maximum Gasteiger partial charge on any atom is 0.243 e. The molecule has 0 aromatic heterocycles. The van der Waals surface area contributed by atoms with Crippen molar-refractivity contribution in [2.24, 2.45) is 0 Å². The molecular weight excluding hydrogens is 352 g/mol. The molecule has 0 bridgehead atoms. The summed E-state index contributed by atoms with van der Waals surface area (Å²) in [5, 5.41) is 10.3. The molecule has 3 rings (SSSR count). The third-order valence-electron chi connectivity index (χ3n) is 4.64. The Labute approximate surface area is 154 Å². The predicted molar refractivity (Wildman–Crippen MR) is 99.6 cm³/mol. The van der Waals surface area contributed by atoms with Crippen molar-refractivity contribution >= 4 is 10.0 Å². The summed E-state index contributed by atoms with van der Waals surface area (Å²) in [4.78, 5) is 2.37. The van der Waals surface area contributed by atoms with E-state index >= 15 is 0 Å². The molecule has 1 aliphatic heterocycles. The SMILES string of the molecule is COc1ccc(S(=O)(=O)N2CCN(CC(O)c3ccccc3)CC2)cc1. The lowest BCUT2D eigenvalue weighted by molar-refractivity contribution is 0.0921. The third-order valence-corrected chi connectivity index (χ3v) is 6.56. The normalized spacial score (nSPS) is 17.8. The number of sulfonamides is 1. The van der Waals surface area contributed by atoms with Gasteiger partial charge in [0.15, 0.2) is 0 Å². The van der Waals surface area contributed by atoms with E-state index in [0.717, 1.165) is 5.56 Å². The number of hydrogen-bond acceptors (Lipinski definition) is 5. The lowest BCUT2D eigenvalue weighted by atomic mass is 10.1. The van der Waals surface area contributed by atoms with E-state index < -0.39 is 16.1 Å². The number of β-amino-alcohol motifs (C(OH)–C–C–N with tert-alkyl or cyclic N) is 1. The number of piperazine rings is 1. The van der Waals surface area contributed by atoms with Gasteiger partial charge < -0.3 is 9.84 Å². The molecule has 0 amide bonds. The van der Waals surface area contributed by atoms with Gasteiger partial charge in [-0.15, -0.1) is 0 Å². The van der Waals surface area contributed by atoms with Gasteiger partial charge in [-0.3, -0.25) is 4.90 Å². The molecule has 1 fully saturated rings. The van der Waals surface area contributed by atoms with Crippen LogP contribution in [0, 0.1) is 0 Å². The summed E-state index contributed by atoms with van der Waals surface area (Å²) in [5.74, 6) is 0.628. The van der Waals surface area contributed by atoms with Crippen LogP contribution in [-0.2, 0) is 10.0 Å². The molecule has 1 unspecified atom stereocenters. The van der Waals surface area contributed by atoms with Crippen molar-refractivity contribution in [1.29, 1.82) is 0 Å². The smallest absolute Gasteiger partial charge is 0.243 e. The fraction of sp³-hybridized carbons (Fsp3) is 0.368. The van der Waals surface area contributed by atoms with Crippen LogP contribution >= 0.6 is 0 Å². The Morgan fingerprint density at radius 2 is 1.62 bits per heavy atom. The number of aliphatic hydroxyl groups excluding tert-OH is 1. The van der Waals surface area contributed by atoms with Crippen LogP contribution in [0.2, 0.25) is 0 Å². The second-order valence-electron chi connectivity index (χ2n) is 6.31. The molecule has 0 aliphatic carbocycles. The first-order valence-corrected chi connectivity index (χ1v) is 10.0. The maximum absolute atomic E-state index is 12.8. The Kier molecular flexibility index (Phi) is 5.93. The molecule has 1 atom stereocenters. The second kappa shape index (κ2) is 8.18. The first kappa shape index (κ1) is 18.8. The van der Waals surface area contributed by atoms with Crippen LogP contribution in [0.5, 0.6) is 5.75 Å². The molecule has 140 valence electrons. The summed E-state index contributed by atoms with van der Waals surface area (Å²) in [5.41, 5.74) is 0.876. The molecule has 1 saturated heterocycles. The fourth-order valence-corrected chi connectivity index (χ4v) is 4.50. The van der Waals surface area contributed by atoms with Gasteiger partial charge >= 0.3 is 0 Å². The monoisotopic (exact) mass is 376 g/mol. The van der Waals surface area contributed by atoms with Crippen LogP contribution in [0.4, 0.5) is 0 Å². The van der Waals surface area contributed by atoms with Crippen molar-refractivity contribution in [3.8, 4) is 5.75 Å². The fourth-order valence-electron chi connectivity index (χ4n) is 3.07. The van der Waals surface area contributed by atoms with Gasteiger partial charge in [-0.05, 0) is 29.8 Å². The van der Waals surface area contributed by atoms with Crippen LogP contribution in [0.15, 0.2) is 59.5 Å². The zero-order valence-electron chi connectivity index (χ0n) is 14.8. The summed E-state index contributed by atoms with van der Waals surface area (Å²) in [7, 11) is -1.95. The van der Waals surface area contributed by atoms with Gasteiger partial charge in [0.25, 0.3) is 0 Å². The van der Waals surface area contributed by atoms with Crippen molar-refractivity contribution in [3.05, 3.63) is 60.2 Å². The van der Waals surface area contributed by atoms with E-state index in [1.165, 1.54) is 4.31 Å². The van der Waals surface area contributed by atoms with E-state index in [2.05, 4.69) is 4.90 Å². The molecule has 1 aliphatic rings. The molecular formula is C19H24N2O4S. The molecule has 7 heteroatoms. The zero-order chi connectivity index (χ0) is 18.6.